The Labute approximate surface area is 79.4 Å². The van der Waals surface area contributed by atoms with E-state index in [4.69, 9.17) is 4.55 Å². The molecule has 0 spiro atoms. The lowest BCUT2D eigenvalue weighted by Gasteiger charge is -1.95. The first-order chi connectivity index (χ1) is 6.38. The highest BCUT2D eigenvalue weighted by Crippen LogP contribution is 2.11. The molecule has 3 nitrogen and oxygen atoms in total. The zero-order valence-corrected chi connectivity index (χ0v) is 7.63. The SMILES string of the molecule is O=S(=O)(O)C=Cc1ccc(F)cc1F. The van der Waals surface area contributed by atoms with Gasteiger partial charge in [-0.1, -0.05) is 0 Å². The molecule has 1 N–H and O–H groups in total. The van der Waals surface area contributed by atoms with Crippen molar-refractivity contribution < 1.29 is 21.8 Å². The maximum atomic E-state index is 12.9. The molecule has 6 heteroatoms. The van der Waals surface area contributed by atoms with E-state index in [1.165, 1.54) is 0 Å². The molecule has 0 fully saturated rings. The van der Waals surface area contributed by atoms with E-state index < -0.39 is 21.8 Å². The van der Waals surface area contributed by atoms with E-state index in [-0.39, 0.29) is 5.56 Å². The molecular weight excluding hydrogens is 214 g/mol. The molecule has 0 saturated heterocycles. The van der Waals surface area contributed by atoms with Crippen LogP contribution in [-0.4, -0.2) is 13.0 Å². The predicted octanol–water partition coefficient (Wildman–Crippen LogP) is 1.82. The van der Waals surface area contributed by atoms with Gasteiger partial charge in [0.05, 0.1) is 5.41 Å². The van der Waals surface area contributed by atoms with Crippen LogP contribution in [0.25, 0.3) is 6.08 Å². The van der Waals surface area contributed by atoms with Gasteiger partial charge in [-0.2, -0.15) is 8.42 Å². The molecule has 0 aliphatic rings. The summed E-state index contributed by atoms with van der Waals surface area (Å²) >= 11 is 0. The van der Waals surface area contributed by atoms with Crippen LogP contribution in [0.4, 0.5) is 8.78 Å². The summed E-state index contributed by atoms with van der Waals surface area (Å²) in [6.45, 7) is 0. The predicted molar refractivity (Wildman–Crippen MR) is 46.9 cm³/mol. The summed E-state index contributed by atoms with van der Waals surface area (Å²) in [5.41, 5.74) is -0.121. The van der Waals surface area contributed by atoms with Crippen LogP contribution < -0.4 is 0 Å². The molecule has 0 unspecified atom stereocenters. The number of halogens is 2. The van der Waals surface area contributed by atoms with Crippen LogP contribution in [0.1, 0.15) is 5.56 Å². The zero-order valence-electron chi connectivity index (χ0n) is 6.81. The van der Waals surface area contributed by atoms with Crippen molar-refractivity contribution in [2.75, 3.05) is 0 Å². The minimum atomic E-state index is -4.29. The average molecular weight is 220 g/mol. The number of hydrogen-bond acceptors (Lipinski definition) is 2. The topological polar surface area (TPSA) is 54.4 Å². The van der Waals surface area contributed by atoms with Gasteiger partial charge in [0.1, 0.15) is 11.6 Å². The summed E-state index contributed by atoms with van der Waals surface area (Å²) in [4.78, 5) is 0. The second-order valence-corrected chi connectivity index (χ2v) is 3.79. The van der Waals surface area contributed by atoms with E-state index in [2.05, 4.69) is 0 Å². The Balaban J connectivity index is 3.05. The molecule has 0 bridgehead atoms. The van der Waals surface area contributed by atoms with Crippen LogP contribution in [0.15, 0.2) is 23.6 Å². The summed E-state index contributed by atoms with van der Waals surface area (Å²) in [5.74, 6) is -1.66. The van der Waals surface area contributed by atoms with Crippen LogP contribution in [-0.2, 0) is 10.1 Å². The highest BCUT2D eigenvalue weighted by Gasteiger charge is 2.02. The van der Waals surface area contributed by atoms with Crippen molar-refractivity contribution in [3.8, 4) is 0 Å². The lowest BCUT2D eigenvalue weighted by atomic mass is 10.2. The minimum Gasteiger partial charge on any atom is -0.282 e. The van der Waals surface area contributed by atoms with Crippen molar-refractivity contribution in [2.45, 2.75) is 0 Å². The molecule has 14 heavy (non-hydrogen) atoms. The molecule has 0 radical (unpaired) electrons. The summed E-state index contributed by atoms with van der Waals surface area (Å²) in [6.07, 6.45) is 0.837. The van der Waals surface area contributed by atoms with Gasteiger partial charge < -0.3 is 0 Å². The maximum Gasteiger partial charge on any atom is 0.287 e. The largest absolute Gasteiger partial charge is 0.287 e. The lowest BCUT2D eigenvalue weighted by molar-refractivity contribution is 0.494. The molecule has 0 aliphatic carbocycles. The Morgan fingerprint density at radius 3 is 2.43 bits per heavy atom. The van der Waals surface area contributed by atoms with Crippen LogP contribution in [0.3, 0.4) is 0 Å². The standard InChI is InChI=1S/C8H6F2O3S/c9-7-2-1-6(8(10)5-7)3-4-14(11,12)13/h1-5H,(H,11,12,13). The fourth-order valence-corrected chi connectivity index (χ4v) is 1.11. The maximum absolute atomic E-state index is 12.9. The van der Waals surface area contributed by atoms with Crippen molar-refractivity contribution in [3.63, 3.8) is 0 Å². The number of rotatable bonds is 2. The summed E-state index contributed by atoms with van der Waals surface area (Å²) in [5, 5.41) is 0.420. The normalized spacial score (nSPS) is 12.2. The Morgan fingerprint density at radius 1 is 1.29 bits per heavy atom. The van der Waals surface area contributed by atoms with Crippen LogP contribution in [0.2, 0.25) is 0 Å². The highest BCUT2D eigenvalue weighted by atomic mass is 32.2. The van der Waals surface area contributed by atoms with Gasteiger partial charge in [-0.15, -0.1) is 0 Å². The van der Waals surface area contributed by atoms with E-state index in [1.807, 2.05) is 0 Å². The number of hydrogen-bond donors (Lipinski definition) is 1. The summed E-state index contributed by atoms with van der Waals surface area (Å²) in [6, 6.07) is 2.66. The average Bonchev–Trinajstić information content (AvgIpc) is 2.00. The second-order valence-electron chi connectivity index (χ2n) is 2.48. The molecule has 1 aromatic carbocycles. The molecule has 0 saturated carbocycles. The molecule has 0 aromatic heterocycles. The van der Waals surface area contributed by atoms with Gasteiger partial charge in [0.2, 0.25) is 0 Å². The number of benzene rings is 1. The van der Waals surface area contributed by atoms with E-state index >= 15 is 0 Å². The van der Waals surface area contributed by atoms with Crippen LogP contribution in [0, 0.1) is 11.6 Å². The van der Waals surface area contributed by atoms with Gasteiger partial charge in [0.15, 0.2) is 0 Å². The summed E-state index contributed by atoms with van der Waals surface area (Å²) in [7, 11) is -4.29. The Bertz CT molecular complexity index is 465. The molecule has 0 aliphatic heterocycles. The Hall–Kier alpha value is -1.27. The molecular formula is C8H6F2O3S. The summed E-state index contributed by atoms with van der Waals surface area (Å²) < 4.78 is 54.1. The smallest absolute Gasteiger partial charge is 0.282 e. The minimum absolute atomic E-state index is 0.121. The Morgan fingerprint density at radius 2 is 1.93 bits per heavy atom. The van der Waals surface area contributed by atoms with Crippen molar-refractivity contribution in [1.29, 1.82) is 0 Å². The van der Waals surface area contributed by atoms with Gasteiger partial charge in [-0.25, -0.2) is 8.78 Å². The van der Waals surface area contributed by atoms with Crippen molar-refractivity contribution in [2.24, 2.45) is 0 Å². The molecule has 1 aromatic rings. The third-order valence-corrected chi connectivity index (χ3v) is 1.86. The first-order valence-electron chi connectivity index (χ1n) is 3.49. The van der Waals surface area contributed by atoms with Gasteiger partial charge in [-0.05, 0) is 18.2 Å². The fourth-order valence-electron chi connectivity index (χ4n) is 0.796. The molecule has 0 heterocycles. The zero-order chi connectivity index (χ0) is 10.8. The molecule has 0 atom stereocenters. The van der Waals surface area contributed by atoms with Crippen LogP contribution in [0.5, 0.6) is 0 Å². The van der Waals surface area contributed by atoms with Gasteiger partial charge in [0.25, 0.3) is 10.1 Å². The first kappa shape index (κ1) is 10.8. The third-order valence-electron chi connectivity index (χ3n) is 1.38. The molecule has 76 valence electrons. The van der Waals surface area contributed by atoms with E-state index in [9.17, 15) is 17.2 Å². The van der Waals surface area contributed by atoms with Crippen molar-refractivity contribution in [1.82, 2.24) is 0 Å². The molecule has 1 rings (SSSR count). The van der Waals surface area contributed by atoms with Gasteiger partial charge >= 0.3 is 0 Å². The lowest BCUT2D eigenvalue weighted by Crippen LogP contribution is -1.90. The quantitative estimate of drug-likeness (QED) is 0.773. The monoisotopic (exact) mass is 220 g/mol. The van der Waals surface area contributed by atoms with E-state index in [0.717, 1.165) is 18.2 Å². The fraction of sp³-hybridized carbons (Fsp3) is 0. The van der Waals surface area contributed by atoms with Crippen LogP contribution >= 0.6 is 0 Å². The second kappa shape index (κ2) is 3.85. The van der Waals surface area contributed by atoms with Crippen molar-refractivity contribution in [3.05, 3.63) is 40.8 Å². The highest BCUT2D eigenvalue weighted by molar-refractivity contribution is 7.88. The van der Waals surface area contributed by atoms with Gasteiger partial charge in [0, 0.05) is 11.6 Å². The third kappa shape index (κ3) is 3.23. The van der Waals surface area contributed by atoms with E-state index in [1.54, 1.807) is 0 Å². The van der Waals surface area contributed by atoms with E-state index in [0.29, 0.717) is 11.5 Å². The Kier molecular flexibility index (Phi) is 2.97. The molecule has 0 amide bonds. The van der Waals surface area contributed by atoms with Gasteiger partial charge in [-0.3, -0.25) is 4.55 Å². The van der Waals surface area contributed by atoms with Crippen molar-refractivity contribution >= 4 is 16.2 Å². The first-order valence-corrected chi connectivity index (χ1v) is 4.99.